The van der Waals surface area contributed by atoms with Crippen molar-refractivity contribution in [3.8, 4) is 0 Å². The van der Waals surface area contributed by atoms with Crippen molar-refractivity contribution in [2.75, 3.05) is 19.5 Å². The molecule has 0 bridgehead atoms. The van der Waals surface area contributed by atoms with Crippen LogP contribution in [0.1, 0.15) is 73.6 Å². The van der Waals surface area contributed by atoms with Crippen molar-refractivity contribution < 1.29 is 28.9 Å². The molecule has 0 saturated carbocycles. The van der Waals surface area contributed by atoms with Crippen LogP contribution in [0.4, 0.5) is 0 Å². The SMILES string of the molecule is CNC(=O)[C@H](CC(C)C)NC(=O)[C@H](CC(C)C)CP(=O)(O)CN1C(=O)CC[C@]1(O)CC(C)C. The lowest BCUT2D eigenvalue weighted by Crippen LogP contribution is -2.49. The van der Waals surface area contributed by atoms with E-state index in [1.54, 1.807) is 0 Å². The fourth-order valence-electron chi connectivity index (χ4n) is 4.51. The maximum atomic E-state index is 13.2. The molecular formula is C23H44N3O6P. The highest BCUT2D eigenvalue weighted by atomic mass is 31.2. The average molecular weight is 490 g/mol. The Labute approximate surface area is 198 Å². The molecule has 1 saturated heterocycles. The van der Waals surface area contributed by atoms with Crippen molar-refractivity contribution >= 4 is 25.1 Å². The molecule has 1 heterocycles. The second kappa shape index (κ2) is 12.3. The molecule has 192 valence electrons. The van der Waals surface area contributed by atoms with E-state index >= 15 is 0 Å². The van der Waals surface area contributed by atoms with Crippen LogP contribution in [0.2, 0.25) is 0 Å². The fourth-order valence-corrected chi connectivity index (χ4v) is 6.49. The first kappa shape index (κ1) is 29.6. The molecule has 9 nitrogen and oxygen atoms in total. The molecule has 1 rings (SSSR count). The average Bonchev–Trinajstić information content (AvgIpc) is 2.92. The van der Waals surface area contributed by atoms with E-state index in [0.29, 0.717) is 19.3 Å². The Morgan fingerprint density at radius 2 is 1.64 bits per heavy atom. The molecule has 1 fully saturated rings. The summed E-state index contributed by atoms with van der Waals surface area (Å²) in [6.07, 6.45) is 0.676. The third-order valence-electron chi connectivity index (χ3n) is 5.86. The third kappa shape index (κ3) is 9.38. The number of nitrogens with one attached hydrogen (secondary N) is 2. The minimum atomic E-state index is -3.99. The van der Waals surface area contributed by atoms with Crippen LogP contribution in [0.25, 0.3) is 0 Å². The van der Waals surface area contributed by atoms with Crippen molar-refractivity contribution in [3.05, 3.63) is 0 Å². The monoisotopic (exact) mass is 489 g/mol. The van der Waals surface area contributed by atoms with Gasteiger partial charge in [0, 0.05) is 32.0 Å². The molecule has 33 heavy (non-hydrogen) atoms. The number of carbonyl (C=O) groups is 3. The highest BCUT2D eigenvalue weighted by Crippen LogP contribution is 2.48. The summed E-state index contributed by atoms with van der Waals surface area (Å²) in [4.78, 5) is 49.7. The minimum Gasteiger partial charge on any atom is -0.371 e. The van der Waals surface area contributed by atoms with Gasteiger partial charge in [-0.25, -0.2) is 0 Å². The highest BCUT2D eigenvalue weighted by Gasteiger charge is 2.47. The van der Waals surface area contributed by atoms with E-state index in [-0.39, 0.29) is 48.6 Å². The van der Waals surface area contributed by atoms with E-state index < -0.39 is 37.2 Å². The van der Waals surface area contributed by atoms with Gasteiger partial charge < -0.3 is 25.5 Å². The Kier molecular flexibility index (Phi) is 11.0. The maximum Gasteiger partial charge on any atom is 0.242 e. The summed E-state index contributed by atoms with van der Waals surface area (Å²) in [7, 11) is -2.49. The molecule has 0 aromatic rings. The number of aliphatic hydroxyl groups is 1. The molecule has 0 aliphatic carbocycles. The van der Waals surface area contributed by atoms with Crippen LogP contribution in [0.15, 0.2) is 0 Å². The molecule has 0 spiro atoms. The lowest BCUT2D eigenvalue weighted by atomic mass is 9.96. The summed E-state index contributed by atoms with van der Waals surface area (Å²) in [6.45, 7) is 11.6. The Hall–Kier alpha value is -1.44. The minimum absolute atomic E-state index is 0.0793. The Bertz CT molecular complexity index is 742. The number of hydrogen-bond donors (Lipinski definition) is 4. The van der Waals surface area contributed by atoms with Crippen LogP contribution in [-0.4, -0.2) is 63.9 Å². The number of likely N-dealkylation sites (tertiary alicyclic amines) is 1. The molecule has 1 aliphatic rings. The summed E-state index contributed by atoms with van der Waals surface area (Å²) >= 11 is 0. The molecule has 1 aliphatic heterocycles. The lowest BCUT2D eigenvalue weighted by molar-refractivity contribution is -0.145. The van der Waals surface area contributed by atoms with E-state index in [9.17, 15) is 28.9 Å². The first-order valence-corrected chi connectivity index (χ1v) is 14.0. The number of hydrogen-bond acceptors (Lipinski definition) is 5. The summed E-state index contributed by atoms with van der Waals surface area (Å²) in [5, 5.41) is 16.3. The van der Waals surface area contributed by atoms with Gasteiger partial charge in [0.25, 0.3) is 0 Å². The zero-order chi connectivity index (χ0) is 25.6. The standard InChI is InChI=1S/C23H44N3O6P/c1-15(2)10-18(21(28)25-19(11-16(3)4)22(29)24-7)13-33(31,32)14-26-20(27)8-9-23(26,30)12-17(5)6/h15-19,30H,8-14H2,1-7H3,(H,24,29)(H,25,28)(H,31,32)/t18-,19+,23+/m1/s1. The van der Waals surface area contributed by atoms with E-state index in [1.165, 1.54) is 7.05 Å². The molecule has 1 unspecified atom stereocenters. The van der Waals surface area contributed by atoms with Crippen molar-refractivity contribution in [3.63, 3.8) is 0 Å². The predicted molar refractivity (Wildman–Crippen MR) is 128 cm³/mol. The second-order valence-corrected chi connectivity index (χ2v) is 13.0. The van der Waals surface area contributed by atoms with Gasteiger partial charge in [-0.3, -0.25) is 18.9 Å². The molecule has 4 N–H and O–H groups in total. The van der Waals surface area contributed by atoms with Gasteiger partial charge in [0.2, 0.25) is 25.1 Å². The topological polar surface area (TPSA) is 136 Å². The Morgan fingerprint density at radius 3 is 2.12 bits per heavy atom. The van der Waals surface area contributed by atoms with E-state index in [1.807, 2.05) is 41.5 Å². The first-order valence-electron chi connectivity index (χ1n) is 12.0. The maximum absolute atomic E-state index is 13.2. The van der Waals surface area contributed by atoms with Crippen LogP contribution >= 0.6 is 7.37 Å². The summed E-state index contributed by atoms with van der Waals surface area (Å²) in [5.74, 6) is -1.56. The Balaban J connectivity index is 3.03. The van der Waals surface area contributed by atoms with Crippen LogP contribution < -0.4 is 10.6 Å². The van der Waals surface area contributed by atoms with Crippen LogP contribution in [-0.2, 0) is 18.9 Å². The molecule has 0 aromatic carbocycles. The predicted octanol–water partition coefficient (Wildman–Crippen LogP) is 2.51. The molecule has 3 amide bonds. The molecule has 0 aromatic heterocycles. The van der Waals surface area contributed by atoms with Gasteiger partial charge in [-0.15, -0.1) is 0 Å². The van der Waals surface area contributed by atoms with E-state index in [4.69, 9.17) is 0 Å². The lowest BCUT2D eigenvalue weighted by Gasteiger charge is -2.36. The molecule has 0 radical (unpaired) electrons. The van der Waals surface area contributed by atoms with Gasteiger partial charge >= 0.3 is 0 Å². The van der Waals surface area contributed by atoms with Gasteiger partial charge in [0.15, 0.2) is 0 Å². The van der Waals surface area contributed by atoms with E-state index in [2.05, 4.69) is 10.6 Å². The Morgan fingerprint density at radius 1 is 1.06 bits per heavy atom. The quantitative estimate of drug-likeness (QED) is 0.294. The van der Waals surface area contributed by atoms with Crippen LogP contribution in [0.5, 0.6) is 0 Å². The second-order valence-electron chi connectivity index (χ2n) is 10.7. The number of amides is 3. The van der Waals surface area contributed by atoms with Gasteiger partial charge in [-0.05, 0) is 37.0 Å². The first-order chi connectivity index (χ1) is 15.1. The van der Waals surface area contributed by atoms with Gasteiger partial charge in [-0.2, -0.15) is 0 Å². The summed E-state index contributed by atoms with van der Waals surface area (Å²) in [5.41, 5.74) is -1.44. The van der Waals surface area contributed by atoms with Crippen molar-refractivity contribution in [2.45, 2.75) is 85.4 Å². The molecule has 4 atom stereocenters. The van der Waals surface area contributed by atoms with E-state index in [0.717, 1.165) is 4.90 Å². The highest BCUT2D eigenvalue weighted by molar-refractivity contribution is 7.58. The zero-order valence-corrected chi connectivity index (χ0v) is 22.2. The van der Waals surface area contributed by atoms with Gasteiger partial charge in [-0.1, -0.05) is 41.5 Å². The van der Waals surface area contributed by atoms with Crippen molar-refractivity contribution in [1.82, 2.24) is 15.5 Å². The summed E-state index contributed by atoms with van der Waals surface area (Å²) < 4.78 is 13.2. The van der Waals surface area contributed by atoms with Crippen LogP contribution in [0, 0.1) is 23.7 Å². The fraction of sp³-hybridized carbons (Fsp3) is 0.870. The normalized spacial score (nSPS) is 22.5. The molecule has 10 heteroatoms. The van der Waals surface area contributed by atoms with Crippen LogP contribution in [0.3, 0.4) is 0 Å². The van der Waals surface area contributed by atoms with Crippen molar-refractivity contribution in [1.29, 1.82) is 0 Å². The zero-order valence-electron chi connectivity index (χ0n) is 21.3. The number of carbonyl (C=O) groups excluding carboxylic acids is 3. The van der Waals surface area contributed by atoms with Crippen molar-refractivity contribution in [2.24, 2.45) is 23.7 Å². The number of nitrogens with zero attached hydrogens (tertiary/aromatic N) is 1. The molecular weight excluding hydrogens is 445 g/mol. The summed E-state index contributed by atoms with van der Waals surface area (Å²) in [6, 6.07) is -0.730. The van der Waals surface area contributed by atoms with Gasteiger partial charge in [0.1, 0.15) is 18.1 Å². The third-order valence-corrected chi connectivity index (χ3v) is 7.60. The van der Waals surface area contributed by atoms with Gasteiger partial charge in [0.05, 0.1) is 0 Å². The number of likely N-dealkylation sites (N-methyl/N-ethyl adjacent to an activating group) is 1. The number of rotatable bonds is 13. The largest absolute Gasteiger partial charge is 0.371 e. The smallest absolute Gasteiger partial charge is 0.242 e.